The third kappa shape index (κ3) is 3.28. The van der Waals surface area contributed by atoms with Crippen LogP contribution in [0.1, 0.15) is 60.4 Å². The molecule has 252 valence electrons. The zero-order valence-electron chi connectivity index (χ0n) is 29.0. The van der Waals surface area contributed by atoms with Gasteiger partial charge in [-0.05, 0) is 113 Å². The van der Waals surface area contributed by atoms with Crippen molar-refractivity contribution in [3.8, 4) is 56.0 Å². The number of ketones is 1. The van der Waals surface area contributed by atoms with Gasteiger partial charge < -0.3 is 10.2 Å². The Morgan fingerprint density at radius 3 is 0.833 bits per heavy atom. The average molecular weight is 691 g/mol. The van der Waals surface area contributed by atoms with Gasteiger partial charge in [0, 0.05) is 0 Å². The fourth-order valence-electron chi connectivity index (χ4n) is 10.8. The van der Waals surface area contributed by atoms with Gasteiger partial charge in [0.25, 0.3) is 0 Å². The van der Waals surface area contributed by atoms with Gasteiger partial charge in [0.15, 0.2) is 5.78 Å². The number of aromatic hydroxyl groups is 2. The molecular weight excluding hydrogens is 661 g/mol. The number of phenols is 2. The van der Waals surface area contributed by atoms with Gasteiger partial charge in [0.1, 0.15) is 11.5 Å². The standard InChI is InChI=1S/C51H30O3/c52-47-27-35-33-17-5-11-23-43(33)50(39-19-7-1-13-29(39)30-14-2-8-20-40(30)50)45(35)25-37(47)49(54)38-26-46-36(28-48(38)53)34-18-6-12-24-44(34)51(46)41-21-9-3-15-31(41)32-16-4-10-22-42(32)51/h1-28,52-53H. The molecule has 0 aliphatic heterocycles. The maximum atomic E-state index is 15.1. The second kappa shape index (κ2) is 10.1. The number of fused-ring (bicyclic) bond motifs is 20. The van der Waals surface area contributed by atoms with Gasteiger partial charge in [0.2, 0.25) is 0 Å². The Labute approximate surface area is 312 Å². The minimum Gasteiger partial charge on any atom is -0.507 e. The van der Waals surface area contributed by atoms with E-state index in [-0.39, 0.29) is 22.6 Å². The van der Waals surface area contributed by atoms with Crippen molar-refractivity contribution >= 4 is 5.78 Å². The molecule has 0 saturated carbocycles. The Kier molecular flexibility index (Phi) is 5.55. The van der Waals surface area contributed by atoms with Crippen LogP contribution in [0.5, 0.6) is 11.5 Å². The summed E-state index contributed by atoms with van der Waals surface area (Å²) in [5.74, 6) is -0.647. The second-order valence-corrected chi connectivity index (χ2v) is 14.9. The molecule has 3 heteroatoms. The predicted molar refractivity (Wildman–Crippen MR) is 212 cm³/mol. The molecule has 0 atom stereocenters. The molecule has 0 fully saturated rings. The third-order valence-corrected chi connectivity index (χ3v) is 12.7. The predicted octanol–water partition coefficient (Wildman–Crippen LogP) is 11.0. The van der Waals surface area contributed by atoms with Crippen molar-refractivity contribution in [2.45, 2.75) is 10.8 Å². The van der Waals surface area contributed by atoms with Crippen molar-refractivity contribution < 1.29 is 15.0 Å². The molecule has 8 aromatic carbocycles. The van der Waals surface area contributed by atoms with Crippen molar-refractivity contribution in [1.29, 1.82) is 0 Å². The molecular formula is C51H30O3. The van der Waals surface area contributed by atoms with Gasteiger partial charge in [-0.2, -0.15) is 0 Å². The van der Waals surface area contributed by atoms with Crippen molar-refractivity contribution in [2.24, 2.45) is 0 Å². The summed E-state index contributed by atoms with van der Waals surface area (Å²) in [6.07, 6.45) is 0. The Hall–Kier alpha value is -6.97. The first-order chi connectivity index (χ1) is 26.5. The van der Waals surface area contributed by atoms with Crippen LogP contribution in [0.15, 0.2) is 170 Å². The fourth-order valence-corrected chi connectivity index (χ4v) is 10.8. The van der Waals surface area contributed by atoms with Crippen molar-refractivity contribution in [2.75, 3.05) is 0 Å². The molecule has 0 heterocycles. The van der Waals surface area contributed by atoms with Gasteiger partial charge in [0.05, 0.1) is 22.0 Å². The second-order valence-electron chi connectivity index (χ2n) is 14.9. The van der Waals surface area contributed by atoms with Crippen LogP contribution in [-0.2, 0) is 10.8 Å². The van der Waals surface area contributed by atoms with Crippen LogP contribution in [0, 0.1) is 0 Å². The number of carbonyl (C=O) groups is 1. The maximum Gasteiger partial charge on any atom is 0.200 e. The normalized spacial score (nSPS) is 14.8. The van der Waals surface area contributed by atoms with E-state index in [1.807, 2.05) is 24.3 Å². The van der Waals surface area contributed by atoms with Crippen molar-refractivity contribution in [3.63, 3.8) is 0 Å². The van der Waals surface area contributed by atoms with Crippen molar-refractivity contribution in [3.05, 3.63) is 225 Å². The largest absolute Gasteiger partial charge is 0.507 e. The Bertz CT molecular complexity index is 2710. The Balaban J connectivity index is 1.11. The van der Waals surface area contributed by atoms with Crippen molar-refractivity contribution in [1.82, 2.24) is 0 Å². The van der Waals surface area contributed by atoms with E-state index in [2.05, 4.69) is 133 Å². The minimum absolute atomic E-state index is 0.111. The number of phenolic OH excluding ortho intramolecular Hbond substituents is 2. The fraction of sp³-hybridized carbons (Fsp3) is 0.0392. The summed E-state index contributed by atoms with van der Waals surface area (Å²) in [5.41, 5.74) is 16.3. The van der Waals surface area contributed by atoms with Crippen LogP contribution in [-0.4, -0.2) is 16.0 Å². The van der Waals surface area contributed by atoms with Crippen LogP contribution in [0.4, 0.5) is 0 Å². The molecule has 4 aliphatic rings. The smallest absolute Gasteiger partial charge is 0.200 e. The summed E-state index contributed by atoms with van der Waals surface area (Å²) in [6.45, 7) is 0. The molecule has 12 rings (SSSR count). The van der Waals surface area contributed by atoms with Gasteiger partial charge >= 0.3 is 0 Å². The van der Waals surface area contributed by atoms with E-state index in [9.17, 15) is 10.2 Å². The molecule has 0 aromatic heterocycles. The maximum absolute atomic E-state index is 15.1. The van der Waals surface area contributed by atoms with E-state index in [1.54, 1.807) is 12.1 Å². The molecule has 0 amide bonds. The summed E-state index contributed by atoms with van der Waals surface area (Å²) < 4.78 is 0. The van der Waals surface area contributed by atoms with E-state index in [0.717, 1.165) is 89.0 Å². The highest BCUT2D eigenvalue weighted by atomic mass is 16.3. The first-order valence-electron chi connectivity index (χ1n) is 18.4. The number of hydrogen-bond acceptors (Lipinski definition) is 3. The lowest BCUT2D eigenvalue weighted by Crippen LogP contribution is -2.26. The summed E-state index contributed by atoms with van der Waals surface area (Å²) in [4.78, 5) is 15.1. The molecule has 8 aromatic rings. The van der Waals surface area contributed by atoms with Crippen LogP contribution < -0.4 is 0 Å². The summed E-state index contributed by atoms with van der Waals surface area (Å²) in [5, 5.41) is 23.7. The number of benzene rings is 8. The Morgan fingerprint density at radius 1 is 0.315 bits per heavy atom. The van der Waals surface area contributed by atoms with Crippen LogP contribution in [0.3, 0.4) is 0 Å². The highest BCUT2D eigenvalue weighted by Gasteiger charge is 2.54. The molecule has 54 heavy (non-hydrogen) atoms. The van der Waals surface area contributed by atoms with Crippen LogP contribution in [0.2, 0.25) is 0 Å². The summed E-state index contributed by atoms with van der Waals surface area (Å²) in [6, 6.07) is 58.1. The van der Waals surface area contributed by atoms with Gasteiger partial charge in [-0.3, -0.25) is 4.79 Å². The lowest BCUT2D eigenvalue weighted by molar-refractivity contribution is 0.103. The molecule has 0 unspecified atom stereocenters. The topological polar surface area (TPSA) is 57.5 Å². The lowest BCUT2D eigenvalue weighted by atomic mass is 9.70. The zero-order chi connectivity index (χ0) is 35.9. The SMILES string of the molecule is O=C(c1cc2c(cc1O)-c1ccccc1C21c2ccccc2-c2ccccc21)c1cc2c(cc1O)-c1ccccc1C21c2ccccc2-c2ccccc21. The number of hydrogen-bond donors (Lipinski definition) is 2. The Morgan fingerprint density at radius 2 is 0.556 bits per heavy atom. The van der Waals surface area contributed by atoms with Crippen LogP contribution >= 0.6 is 0 Å². The highest BCUT2D eigenvalue weighted by Crippen LogP contribution is 2.65. The molecule has 0 saturated heterocycles. The molecule has 2 spiro atoms. The van der Waals surface area contributed by atoms with E-state index in [0.29, 0.717) is 0 Å². The minimum atomic E-state index is -0.676. The lowest BCUT2D eigenvalue weighted by Gasteiger charge is -2.31. The first-order valence-corrected chi connectivity index (χ1v) is 18.4. The van der Waals surface area contributed by atoms with E-state index >= 15 is 4.79 Å². The molecule has 4 aliphatic carbocycles. The highest BCUT2D eigenvalue weighted by molar-refractivity contribution is 6.14. The zero-order valence-corrected chi connectivity index (χ0v) is 29.0. The average Bonchev–Trinajstić information content (AvgIpc) is 3.89. The van der Waals surface area contributed by atoms with Crippen LogP contribution in [0.25, 0.3) is 44.5 Å². The molecule has 3 nitrogen and oxygen atoms in total. The monoisotopic (exact) mass is 690 g/mol. The van der Waals surface area contributed by atoms with E-state index in [4.69, 9.17) is 0 Å². The number of carbonyl (C=O) groups excluding carboxylic acids is 1. The van der Waals surface area contributed by atoms with E-state index in [1.165, 1.54) is 0 Å². The van der Waals surface area contributed by atoms with Gasteiger partial charge in [-0.15, -0.1) is 0 Å². The summed E-state index contributed by atoms with van der Waals surface area (Å²) >= 11 is 0. The first kappa shape index (κ1) is 29.6. The van der Waals surface area contributed by atoms with Gasteiger partial charge in [-0.25, -0.2) is 0 Å². The van der Waals surface area contributed by atoms with Gasteiger partial charge in [-0.1, -0.05) is 146 Å². The molecule has 2 N–H and O–H groups in total. The molecule has 0 radical (unpaired) electrons. The third-order valence-electron chi connectivity index (χ3n) is 12.7. The summed E-state index contributed by atoms with van der Waals surface area (Å²) in [7, 11) is 0. The van der Waals surface area contributed by atoms with E-state index < -0.39 is 16.6 Å². The number of rotatable bonds is 2. The quantitative estimate of drug-likeness (QED) is 0.178. The molecule has 0 bridgehead atoms.